The number of halogens is 1. The van der Waals surface area contributed by atoms with Crippen LogP contribution in [0.2, 0.25) is 5.02 Å². The Bertz CT molecular complexity index is 1410. The highest BCUT2D eigenvalue weighted by Crippen LogP contribution is 2.27. The summed E-state index contributed by atoms with van der Waals surface area (Å²) in [6, 6.07) is 21.9. The van der Waals surface area contributed by atoms with Gasteiger partial charge in [0, 0.05) is 51.3 Å². The fraction of sp³-hybridized carbons (Fsp3) is 0.344. The van der Waals surface area contributed by atoms with Crippen molar-refractivity contribution in [2.75, 3.05) is 50.1 Å². The van der Waals surface area contributed by atoms with E-state index in [-0.39, 0.29) is 24.3 Å². The number of fused-ring (bicyclic) bond motifs is 1. The van der Waals surface area contributed by atoms with Crippen LogP contribution in [0.4, 0.5) is 11.4 Å². The molecule has 3 aromatic carbocycles. The van der Waals surface area contributed by atoms with Crippen molar-refractivity contribution in [3.63, 3.8) is 0 Å². The maximum Gasteiger partial charge on any atom is 0.250 e. The molecule has 0 radical (unpaired) electrons. The molecule has 2 heterocycles. The quantitative estimate of drug-likeness (QED) is 0.355. The Morgan fingerprint density at radius 1 is 0.952 bits per heavy atom. The number of rotatable bonds is 9. The van der Waals surface area contributed by atoms with Gasteiger partial charge in [0.15, 0.2) is 0 Å². The van der Waals surface area contributed by atoms with E-state index >= 15 is 0 Å². The zero-order valence-electron chi connectivity index (χ0n) is 23.6. The Hall–Kier alpha value is -3.92. The molecule has 0 unspecified atom stereocenters. The zero-order valence-corrected chi connectivity index (χ0v) is 24.4. The third-order valence-electron chi connectivity index (χ3n) is 7.75. The molecule has 3 N–H and O–H groups in total. The molecule has 0 aliphatic carbocycles. The van der Waals surface area contributed by atoms with Crippen molar-refractivity contribution in [3.8, 4) is 0 Å². The van der Waals surface area contributed by atoms with Crippen LogP contribution in [0.25, 0.3) is 0 Å². The minimum Gasteiger partial charge on any atom is -0.375 e. The van der Waals surface area contributed by atoms with Gasteiger partial charge in [-0.3, -0.25) is 14.4 Å². The van der Waals surface area contributed by atoms with Crippen LogP contribution in [0.15, 0.2) is 72.8 Å². The second kappa shape index (κ2) is 13.8. The number of para-hydroxylation sites is 2. The van der Waals surface area contributed by atoms with Crippen molar-refractivity contribution in [2.24, 2.45) is 0 Å². The van der Waals surface area contributed by atoms with E-state index in [1.165, 1.54) is 12.7 Å². The highest BCUT2D eigenvalue weighted by molar-refractivity contribution is 6.30. The maximum atomic E-state index is 13.9. The number of methoxy groups -OCH3 is 1. The fourth-order valence-corrected chi connectivity index (χ4v) is 5.65. The van der Waals surface area contributed by atoms with Crippen LogP contribution < -0.4 is 20.9 Å². The summed E-state index contributed by atoms with van der Waals surface area (Å²) in [4.78, 5) is 43.4. The van der Waals surface area contributed by atoms with Crippen LogP contribution in [0.5, 0.6) is 0 Å². The predicted molar refractivity (Wildman–Crippen MR) is 164 cm³/mol. The number of piperazine rings is 1. The lowest BCUT2D eigenvalue weighted by atomic mass is 9.95. The van der Waals surface area contributed by atoms with Crippen molar-refractivity contribution < 1.29 is 19.1 Å². The smallest absolute Gasteiger partial charge is 0.250 e. The van der Waals surface area contributed by atoms with Gasteiger partial charge in [0.2, 0.25) is 17.7 Å². The van der Waals surface area contributed by atoms with Crippen LogP contribution in [0.1, 0.15) is 16.7 Å². The minimum absolute atomic E-state index is 0.0275. The van der Waals surface area contributed by atoms with Crippen molar-refractivity contribution >= 4 is 40.7 Å². The van der Waals surface area contributed by atoms with E-state index < -0.39 is 12.1 Å². The van der Waals surface area contributed by atoms with Crippen molar-refractivity contribution in [2.45, 2.75) is 31.5 Å². The number of amides is 3. The topological polar surface area (TPSA) is 103 Å². The molecule has 2 aliphatic heterocycles. The molecule has 1 saturated heterocycles. The Morgan fingerprint density at radius 3 is 2.38 bits per heavy atom. The fourth-order valence-electron chi connectivity index (χ4n) is 5.53. The molecule has 3 aromatic rings. The molecule has 2 aliphatic rings. The summed E-state index contributed by atoms with van der Waals surface area (Å²) in [6.45, 7) is 2.74. The van der Waals surface area contributed by atoms with Gasteiger partial charge in [0.05, 0.1) is 17.4 Å². The Kier molecular flexibility index (Phi) is 9.74. The van der Waals surface area contributed by atoms with Crippen LogP contribution in [0.3, 0.4) is 0 Å². The van der Waals surface area contributed by atoms with Crippen LogP contribution in [-0.4, -0.2) is 74.6 Å². The van der Waals surface area contributed by atoms with E-state index in [2.05, 4.69) is 26.9 Å². The molecule has 9 nitrogen and oxygen atoms in total. The normalized spacial score (nSPS) is 17.2. The first-order chi connectivity index (χ1) is 20.4. The number of anilines is 2. The maximum absolute atomic E-state index is 13.9. The average molecular weight is 590 g/mol. The van der Waals surface area contributed by atoms with Gasteiger partial charge >= 0.3 is 0 Å². The summed E-state index contributed by atoms with van der Waals surface area (Å²) in [7, 11) is 1.48. The number of carbonyl (C=O) groups is 3. The summed E-state index contributed by atoms with van der Waals surface area (Å²) in [5.41, 5.74) is 4.84. The van der Waals surface area contributed by atoms with Gasteiger partial charge in [0.1, 0.15) is 12.6 Å². The van der Waals surface area contributed by atoms with Crippen molar-refractivity contribution in [1.29, 1.82) is 0 Å². The van der Waals surface area contributed by atoms with E-state index in [1.807, 2.05) is 59.5 Å². The largest absolute Gasteiger partial charge is 0.375 e. The summed E-state index contributed by atoms with van der Waals surface area (Å²) in [6.07, 6.45) is 0.933. The molecule has 5 rings (SSSR count). The first-order valence-electron chi connectivity index (χ1n) is 14.2. The minimum atomic E-state index is -0.718. The van der Waals surface area contributed by atoms with Crippen molar-refractivity contribution in [1.82, 2.24) is 15.5 Å². The van der Waals surface area contributed by atoms with E-state index in [0.717, 1.165) is 16.8 Å². The van der Waals surface area contributed by atoms with E-state index in [0.29, 0.717) is 56.3 Å². The number of nitrogens with zero attached hydrogens (tertiary/aromatic N) is 2. The number of hydrogen-bond acceptors (Lipinski definition) is 6. The number of hydrogen-bond donors (Lipinski definition) is 3. The van der Waals surface area contributed by atoms with Crippen molar-refractivity contribution in [3.05, 3.63) is 94.5 Å². The molecule has 220 valence electrons. The number of carbonyl (C=O) groups excluding carboxylic acids is 3. The van der Waals surface area contributed by atoms with Gasteiger partial charge < -0.3 is 30.5 Å². The van der Waals surface area contributed by atoms with Gasteiger partial charge in [-0.05, 0) is 47.4 Å². The number of benzene rings is 3. The molecule has 2 atom stereocenters. The molecular formula is C32H36ClN5O4. The molecule has 10 heteroatoms. The molecule has 0 bridgehead atoms. The first-order valence-corrected chi connectivity index (χ1v) is 14.6. The second-order valence-corrected chi connectivity index (χ2v) is 11.0. The SMILES string of the molecule is COCC(=O)Nc1ccccc1N1CCN(C(=O)[C@@H](Cc2ccc(Cl)cc2)NC(=O)[C@H]2Cc3ccccc3CN2)CC1. The van der Waals surface area contributed by atoms with E-state index in [9.17, 15) is 14.4 Å². The standard InChI is InChI=1S/C32H36ClN5O4/c1-42-21-30(39)35-26-8-4-5-9-29(26)37-14-16-38(17-15-37)32(41)28(18-22-10-12-25(33)13-11-22)36-31(40)27-19-23-6-2-3-7-24(23)20-34-27/h2-13,27-28,34H,14-21H2,1H3,(H,35,39)(H,36,40)/t27-,28-/m1/s1. The van der Waals surface area contributed by atoms with E-state index in [1.54, 1.807) is 12.1 Å². The summed E-state index contributed by atoms with van der Waals surface area (Å²) >= 11 is 6.09. The monoisotopic (exact) mass is 589 g/mol. The molecular weight excluding hydrogens is 554 g/mol. The zero-order chi connectivity index (χ0) is 29.5. The average Bonchev–Trinajstić information content (AvgIpc) is 3.01. The lowest BCUT2D eigenvalue weighted by Gasteiger charge is -2.38. The predicted octanol–water partition coefficient (Wildman–Crippen LogP) is 3.02. The molecule has 1 fully saturated rings. The van der Waals surface area contributed by atoms with E-state index in [4.69, 9.17) is 16.3 Å². The Balaban J connectivity index is 1.26. The van der Waals surface area contributed by atoms with Gasteiger partial charge in [0.25, 0.3) is 0 Å². The molecule has 0 aromatic heterocycles. The van der Waals surface area contributed by atoms with Gasteiger partial charge in [-0.2, -0.15) is 0 Å². The third-order valence-corrected chi connectivity index (χ3v) is 8.00. The second-order valence-electron chi connectivity index (χ2n) is 10.6. The Labute approximate surface area is 251 Å². The summed E-state index contributed by atoms with van der Waals surface area (Å²) < 4.78 is 4.94. The molecule has 0 spiro atoms. The van der Waals surface area contributed by atoms with Gasteiger partial charge in [-0.25, -0.2) is 0 Å². The highest BCUT2D eigenvalue weighted by atomic mass is 35.5. The van der Waals surface area contributed by atoms with Gasteiger partial charge in [-0.15, -0.1) is 0 Å². The van der Waals surface area contributed by atoms with Crippen LogP contribution >= 0.6 is 11.6 Å². The molecule has 0 saturated carbocycles. The van der Waals surface area contributed by atoms with Crippen LogP contribution in [-0.2, 0) is 38.5 Å². The molecule has 42 heavy (non-hydrogen) atoms. The number of nitrogens with one attached hydrogen (secondary N) is 3. The Morgan fingerprint density at radius 2 is 1.64 bits per heavy atom. The third kappa shape index (κ3) is 7.28. The lowest BCUT2D eigenvalue weighted by Crippen LogP contribution is -2.58. The number of ether oxygens (including phenoxy) is 1. The van der Waals surface area contributed by atoms with Gasteiger partial charge in [-0.1, -0.05) is 60.1 Å². The first kappa shape index (κ1) is 29.6. The molecule has 3 amide bonds. The highest BCUT2D eigenvalue weighted by Gasteiger charge is 2.32. The lowest BCUT2D eigenvalue weighted by molar-refractivity contribution is -0.137. The van der Waals surface area contributed by atoms with Crippen LogP contribution in [0, 0.1) is 0 Å². The summed E-state index contributed by atoms with van der Waals surface area (Å²) in [5.74, 6) is -0.525. The summed E-state index contributed by atoms with van der Waals surface area (Å²) in [5, 5.41) is 9.91.